The van der Waals surface area contributed by atoms with Crippen LogP contribution in [0.15, 0.2) is 30.3 Å². The number of alkyl carbamates (subject to hydrolysis) is 1. The molecule has 1 amide bonds. The fourth-order valence-electron chi connectivity index (χ4n) is 1.28. The van der Waals surface area contributed by atoms with Crippen LogP contribution < -0.4 is 5.32 Å². The van der Waals surface area contributed by atoms with Crippen LogP contribution in [0, 0.1) is 0 Å². The summed E-state index contributed by atoms with van der Waals surface area (Å²) < 4.78 is 35.4. The zero-order valence-electron chi connectivity index (χ0n) is 9.87. The standard InChI is InChI=1S/C11H15NO5S/c1-2-10(18(14,15)16)12-11(13)17-8-9-6-4-3-5-7-9/h3-7,10H,2,8H2,1H3,(H,12,13)(H,14,15,16). The molecule has 0 aliphatic rings. The molecule has 0 spiro atoms. The molecule has 0 heterocycles. The van der Waals surface area contributed by atoms with Crippen molar-refractivity contribution >= 4 is 16.2 Å². The van der Waals surface area contributed by atoms with Crippen LogP contribution in [0.2, 0.25) is 0 Å². The predicted molar refractivity (Wildman–Crippen MR) is 65.4 cm³/mol. The second-order valence-corrected chi connectivity index (χ2v) is 5.22. The Kier molecular flexibility index (Phi) is 5.11. The maximum atomic E-state index is 11.3. The van der Waals surface area contributed by atoms with Gasteiger partial charge in [-0.25, -0.2) is 4.79 Å². The fraction of sp³-hybridized carbons (Fsp3) is 0.364. The maximum Gasteiger partial charge on any atom is 0.408 e. The van der Waals surface area contributed by atoms with E-state index < -0.39 is 21.6 Å². The van der Waals surface area contributed by atoms with E-state index >= 15 is 0 Å². The highest BCUT2D eigenvalue weighted by Gasteiger charge is 2.23. The Morgan fingerprint density at radius 2 is 2.00 bits per heavy atom. The number of rotatable bonds is 5. The number of hydrogen-bond donors (Lipinski definition) is 2. The van der Waals surface area contributed by atoms with Gasteiger partial charge in [-0.05, 0) is 12.0 Å². The van der Waals surface area contributed by atoms with E-state index in [2.05, 4.69) is 5.32 Å². The van der Waals surface area contributed by atoms with E-state index in [1.807, 2.05) is 6.07 Å². The van der Waals surface area contributed by atoms with Crippen LogP contribution in [-0.2, 0) is 21.5 Å². The summed E-state index contributed by atoms with van der Waals surface area (Å²) in [7, 11) is -4.30. The van der Waals surface area contributed by atoms with Crippen molar-refractivity contribution in [1.29, 1.82) is 0 Å². The molecule has 0 aromatic heterocycles. The van der Waals surface area contributed by atoms with Gasteiger partial charge in [0.1, 0.15) is 6.61 Å². The van der Waals surface area contributed by atoms with Crippen LogP contribution in [0.5, 0.6) is 0 Å². The summed E-state index contributed by atoms with van der Waals surface area (Å²) in [5.74, 6) is 0. The zero-order valence-corrected chi connectivity index (χ0v) is 10.7. The summed E-state index contributed by atoms with van der Waals surface area (Å²) >= 11 is 0. The average Bonchev–Trinajstić information content (AvgIpc) is 2.33. The number of carbonyl (C=O) groups is 1. The lowest BCUT2D eigenvalue weighted by atomic mass is 10.2. The molecule has 18 heavy (non-hydrogen) atoms. The first-order valence-electron chi connectivity index (χ1n) is 5.37. The molecule has 1 rings (SSSR count). The van der Waals surface area contributed by atoms with Crippen molar-refractivity contribution in [3.63, 3.8) is 0 Å². The van der Waals surface area contributed by atoms with E-state index in [1.165, 1.54) is 6.92 Å². The minimum atomic E-state index is -4.30. The van der Waals surface area contributed by atoms with E-state index in [0.29, 0.717) is 0 Å². The summed E-state index contributed by atoms with van der Waals surface area (Å²) in [4.78, 5) is 11.3. The van der Waals surface area contributed by atoms with Crippen molar-refractivity contribution in [2.24, 2.45) is 0 Å². The molecule has 0 fully saturated rings. The molecule has 0 radical (unpaired) electrons. The molecule has 6 nitrogen and oxygen atoms in total. The summed E-state index contributed by atoms with van der Waals surface area (Å²) in [6.45, 7) is 1.56. The van der Waals surface area contributed by atoms with E-state index in [4.69, 9.17) is 9.29 Å². The van der Waals surface area contributed by atoms with Gasteiger partial charge in [-0.3, -0.25) is 4.55 Å². The van der Waals surface area contributed by atoms with E-state index in [0.717, 1.165) is 5.56 Å². The van der Waals surface area contributed by atoms with Gasteiger partial charge >= 0.3 is 6.09 Å². The third kappa shape index (κ3) is 4.72. The van der Waals surface area contributed by atoms with Crippen LogP contribution in [0.3, 0.4) is 0 Å². The van der Waals surface area contributed by atoms with Crippen LogP contribution in [0.1, 0.15) is 18.9 Å². The third-order valence-corrected chi connectivity index (χ3v) is 3.39. The third-order valence-electron chi connectivity index (χ3n) is 2.22. The number of benzene rings is 1. The largest absolute Gasteiger partial charge is 0.445 e. The number of hydrogen-bond acceptors (Lipinski definition) is 4. The van der Waals surface area contributed by atoms with Gasteiger partial charge in [-0.2, -0.15) is 8.42 Å². The summed E-state index contributed by atoms with van der Waals surface area (Å²) in [5, 5.41) is 0.731. The second kappa shape index (κ2) is 6.36. The number of carbonyl (C=O) groups excluding carboxylic acids is 1. The highest BCUT2D eigenvalue weighted by Crippen LogP contribution is 2.03. The lowest BCUT2D eigenvalue weighted by molar-refractivity contribution is 0.138. The van der Waals surface area contributed by atoms with Gasteiger partial charge < -0.3 is 10.1 Å². The molecular formula is C11H15NO5S. The number of nitrogens with one attached hydrogen (secondary N) is 1. The lowest BCUT2D eigenvalue weighted by Gasteiger charge is -2.13. The van der Waals surface area contributed by atoms with Crippen molar-refractivity contribution in [2.75, 3.05) is 0 Å². The van der Waals surface area contributed by atoms with Gasteiger partial charge in [0.15, 0.2) is 5.37 Å². The molecular weight excluding hydrogens is 258 g/mol. The number of ether oxygens (including phenoxy) is 1. The van der Waals surface area contributed by atoms with Gasteiger partial charge in [-0.1, -0.05) is 37.3 Å². The minimum absolute atomic E-state index is 0.0363. The molecule has 100 valence electrons. The SMILES string of the molecule is CCC(NC(=O)OCc1ccccc1)S(=O)(=O)O. The first-order valence-corrected chi connectivity index (χ1v) is 6.87. The molecule has 1 aromatic carbocycles. The van der Waals surface area contributed by atoms with E-state index in [-0.39, 0.29) is 13.0 Å². The monoisotopic (exact) mass is 273 g/mol. The Balaban J connectivity index is 2.47. The van der Waals surface area contributed by atoms with Gasteiger partial charge in [0.25, 0.3) is 10.1 Å². The van der Waals surface area contributed by atoms with Crippen molar-refractivity contribution in [3.05, 3.63) is 35.9 Å². The minimum Gasteiger partial charge on any atom is -0.445 e. The summed E-state index contributed by atoms with van der Waals surface area (Å²) in [5.41, 5.74) is 0.785. The van der Waals surface area contributed by atoms with Crippen LogP contribution in [0.4, 0.5) is 4.79 Å². The smallest absolute Gasteiger partial charge is 0.408 e. The van der Waals surface area contributed by atoms with E-state index in [1.54, 1.807) is 24.3 Å². The second-order valence-electron chi connectivity index (χ2n) is 3.62. The first kappa shape index (κ1) is 14.5. The molecule has 0 saturated carbocycles. The van der Waals surface area contributed by atoms with Crippen molar-refractivity contribution in [2.45, 2.75) is 25.3 Å². The van der Waals surface area contributed by atoms with E-state index in [9.17, 15) is 13.2 Å². The van der Waals surface area contributed by atoms with Gasteiger partial charge in [-0.15, -0.1) is 0 Å². The highest BCUT2D eigenvalue weighted by atomic mass is 32.2. The Bertz CT molecular complexity index is 485. The number of amides is 1. The van der Waals surface area contributed by atoms with Gasteiger partial charge in [0, 0.05) is 0 Å². The van der Waals surface area contributed by atoms with Gasteiger partial charge in [0.2, 0.25) is 0 Å². The van der Waals surface area contributed by atoms with Crippen LogP contribution in [0.25, 0.3) is 0 Å². The Morgan fingerprint density at radius 1 is 1.39 bits per heavy atom. The summed E-state index contributed by atoms with van der Waals surface area (Å²) in [6, 6.07) is 8.96. The normalized spacial score (nSPS) is 12.8. The predicted octanol–water partition coefficient (Wildman–Crippen LogP) is 1.54. The molecule has 2 N–H and O–H groups in total. The Morgan fingerprint density at radius 3 is 2.50 bits per heavy atom. The molecule has 1 atom stereocenters. The topological polar surface area (TPSA) is 92.7 Å². The molecule has 1 aromatic rings. The Hall–Kier alpha value is -1.60. The average molecular weight is 273 g/mol. The lowest BCUT2D eigenvalue weighted by Crippen LogP contribution is -2.40. The molecule has 0 saturated heterocycles. The fourth-order valence-corrected chi connectivity index (χ4v) is 1.95. The Labute approximate surface area is 106 Å². The molecule has 7 heteroatoms. The van der Waals surface area contributed by atoms with Crippen molar-refractivity contribution in [3.8, 4) is 0 Å². The van der Waals surface area contributed by atoms with Crippen LogP contribution in [-0.4, -0.2) is 24.4 Å². The maximum absolute atomic E-state index is 11.3. The quantitative estimate of drug-likeness (QED) is 0.794. The van der Waals surface area contributed by atoms with Crippen molar-refractivity contribution < 1.29 is 22.5 Å². The summed E-state index contributed by atoms with van der Waals surface area (Å²) in [6.07, 6.45) is -0.831. The molecule has 0 bridgehead atoms. The molecule has 0 aliphatic heterocycles. The van der Waals surface area contributed by atoms with Gasteiger partial charge in [0.05, 0.1) is 0 Å². The molecule has 0 aliphatic carbocycles. The highest BCUT2D eigenvalue weighted by molar-refractivity contribution is 7.86. The van der Waals surface area contributed by atoms with Crippen LogP contribution >= 0.6 is 0 Å². The zero-order chi connectivity index (χ0) is 13.6. The first-order chi connectivity index (χ1) is 8.43. The van der Waals surface area contributed by atoms with Crippen molar-refractivity contribution in [1.82, 2.24) is 5.32 Å². The molecule has 1 unspecified atom stereocenters.